The molecular weight excluding hydrogens is 467 g/mol. The average Bonchev–Trinajstić information content (AvgIpc) is 3.47. The highest BCUT2D eigenvalue weighted by Gasteiger charge is 2.09. The van der Waals surface area contributed by atoms with Gasteiger partial charge in [-0.25, -0.2) is 0 Å². The van der Waals surface area contributed by atoms with Crippen LogP contribution in [0.25, 0.3) is 0 Å². The summed E-state index contributed by atoms with van der Waals surface area (Å²) in [6.07, 6.45) is 7.38. The zero-order valence-corrected chi connectivity index (χ0v) is 19.9. The number of rotatable bonds is 7. The summed E-state index contributed by atoms with van der Waals surface area (Å²) in [6.45, 7) is 6.20. The zero-order valence-electron chi connectivity index (χ0n) is 17.6. The van der Waals surface area contributed by atoms with Gasteiger partial charge in [-0.3, -0.25) is 14.0 Å². The van der Waals surface area contributed by atoms with Crippen molar-refractivity contribution in [3.05, 3.63) is 75.9 Å². The topological polar surface area (TPSA) is 77.5 Å². The predicted octanol–water partition coefficient (Wildman–Crippen LogP) is 4.82. The van der Waals surface area contributed by atoms with Gasteiger partial charge in [0.2, 0.25) is 0 Å². The molecule has 0 bridgehead atoms. The van der Waals surface area contributed by atoms with E-state index >= 15 is 0 Å². The van der Waals surface area contributed by atoms with E-state index in [9.17, 15) is 0 Å². The van der Waals surface area contributed by atoms with Crippen molar-refractivity contribution >= 4 is 52.0 Å². The van der Waals surface area contributed by atoms with Gasteiger partial charge in [0.05, 0.1) is 41.2 Å². The van der Waals surface area contributed by atoms with Crippen LogP contribution in [0.3, 0.4) is 0 Å². The molecule has 3 aromatic heterocycles. The molecular formula is C21H22Cl2N8S. The molecule has 0 saturated carbocycles. The van der Waals surface area contributed by atoms with Gasteiger partial charge < -0.3 is 10.6 Å². The van der Waals surface area contributed by atoms with Crippen LogP contribution in [0.5, 0.6) is 0 Å². The zero-order chi connectivity index (χ0) is 22.7. The van der Waals surface area contributed by atoms with Crippen LogP contribution in [0, 0.1) is 6.92 Å². The Morgan fingerprint density at radius 2 is 1.88 bits per heavy atom. The lowest BCUT2D eigenvalue weighted by atomic mass is 10.2. The van der Waals surface area contributed by atoms with Crippen molar-refractivity contribution < 1.29 is 0 Å². The first-order valence-corrected chi connectivity index (χ1v) is 11.2. The second-order valence-electron chi connectivity index (χ2n) is 7.22. The number of nitrogens with one attached hydrogen (secondary N) is 2. The largest absolute Gasteiger partial charge is 0.330 e. The van der Waals surface area contributed by atoms with Gasteiger partial charge in [0.15, 0.2) is 10.9 Å². The molecule has 4 rings (SSSR count). The van der Waals surface area contributed by atoms with Crippen LogP contribution in [0.15, 0.2) is 49.1 Å². The molecule has 0 aliphatic carbocycles. The summed E-state index contributed by atoms with van der Waals surface area (Å²) in [6, 6.07) is 7.38. The Morgan fingerprint density at radius 1 is 1.03 bits per heavy atom. The standard InChI is InChI=1S/C21H22Cl2N8S/c1-3-31-14(2)16(9-25-31)12-30-13-17(10-24-30)26-21(32)27-20-6-7-29(28-20)11-15-4-5-18(22)19(23)8-15/h4-10,13H,3,11-12H2,1-2H3,(H2,26,27,28,32). The predicted molar refractivity (Wildman–Crippen MR) is 132 cm³/mol. The van der Waals surface area contributed by atoms with Crippen molar-refractivity contribution in [3.63, 3.8) is 0 Å². The monoisotopic (exact) mass is 488 g/mol. The van der Waals surface area contributed by atoms with Crippen LogP contribution in [0.4, 0.5) is 11.5 Å². The molecule has 0 fully saturated rings. The second-order valence-corrected chi connectivity index (χ2v) is 8.45. The van der Waals surface area contributed by atoms with E-state index in [0.29, 0.717) is 34.1 Å². The third kappa shape index (κ3) is 5.29. The Bertz CT molecular complexity index is 1240. The maximum atomic E-state index is 6.08. The molecule has 0 unspecified atom stereocenters. The van der Waals surface area contributed by atoms with E-state index in [0.717, 1.165) is 29.1 Å². The molecule has 3 heterocycles. The maximum Gasteiger partial charge on any atom is 0.176 e. The first kappa shape index (κ1) is 22.3. The Labute approximate surface area is 201 Å². The van der Waals surface area contributed by atoms with Crippen LogP contribution in [0.2, 0.25) is 10.0 Å². The van der Waals surface area contributed by atoms with Crippen LogP contribution in [-0.4, -0.2) is 34.5 Å². The molecule has 0 atom stereocenters. The van der Waals surface area contributed by atoms with Gasteiger partial charge in [0.25, 0.3) is 0 Å². The van der Waals surface area contributed by atoms with E-state index in [1.807, 2.05) is 46.2 Å². The van der Waals surface area contributed by atoms with Crippen molar-refractivity contribution in [2.75, 3.05) is 10.6 Å². The molecule has 0 amide bonds. The molecule has 11 heteroatoms. The summed E-state index contributed by atoms with van der Waals surface area (Å²) in [4.78, 5) is 0. The lowest BCUT2D eigenvalue weighted by molar-refractivity contribution is 0.633. The summed E-state index contributed by atoms with van der Waals surface area (Å²) < 4.78 is 5.61. The number of anilines is 2. The first-order valence-electron chi connectivity index (χ1n) is 10.0. The summed E-state index contributed by atoms with van der Waals surface area (Å²) in [5.41, 5.74) is 4.07. The molecule has 32 heavy (non-hydrogen) atoms. The molecule has 4 aromatic rings. The molecule has 0 aliphatic rings. The van der Waals surface area contributed by atoms with Gasteiger partial charge in [-0.1, -0.05) is 29.3 Å². The van der Waals surface area contributed by atoms with E-state index in [4.69, 9.17) is 35.4 Å². The van der Waals surface area contributed by atoms with Crippen LogP contribution < -0.4 is 10.6 Å². The Morgan fingerprint density at radius 3 is 2.62 bits per heavy atom. The first-order chi connectivity index (χ1) is 15.4. The van der Waals surface area contributed by atoms with Crippen LogP contribution in [-0.2, 0) is 19.6 Å². The summed E-state index contributed by atoms with van der Waals surface area (Å²) >= 11 is 17.5. The molecule has 166 valence electrons. The fourth-order valence-corrected chi connectivity index (χ4v) is 3.81. The smallest absolute Gasteiger partial charge is 0.176 e. The SMILES string of the molecule is CCn1ncc(Cn2cc(NC(=S)Nc3ccn(Cc4ccc(Cl)c(Cl)c4)n3)cn2)c1C. The number of aryl methyl sites for hydroxylation is 1. The summed E-state index contributed by atoms with van der Waals surface area (Å²) in [7, 11) is 0. The highest BCUT2D eigenvalue weighted by atomic mass is 35.5. The van der Waals surface area contributed by atoms with Gasteiger partial charge in [-0.15, -0.1) is 0 Å². The van der Waals surface area contributed by atoms with E-state index in [1.54, 1.807) is 16.9 Å². The summed E-state index contributed by atoms with van der Waals surface area (Å²) in [5, 5.41) is 21.0. The molecule has 8 nitrogen and oxygen atoms in total. The lowest BCUT2D eigenvalue weighted by Crippen LogP contribution is -2.19. The van der Waals surface area contributed by atoms with Gasteiger partial charge in [-0.05, 0) is 43.8 Å². The number of thiocarbonyl (C=S) groups is 1. The lowest BCUT2D eigenvalue weighted by Gasteiger charge is -2.07. The Hall–Kier alpha value is -2.88. The highest BCUT2D eigenvalue weighted by molar-refractivity contribution is 7.80. The number of nitrogens with zero attached hydrogens (tertiary/aromatic N) is 6. The van der Waals surface area contributed by atoms with E-state index in [2.05, 4.69) is 39.8 Å². The average molecular weight is 489 g/mol. The number of halogens is 2. The fourth-order valence-electron chi connectivity index (χ4n) is 3.27. The summed E-state index contributed by atoms with van der Waals surface area (Å²) in [5.74, 6) is 0.637. The van der Waals surface area contributed by atoms with Crippen molar-refractivity contribution in [1.82, 2.24) is 29.3 Å². The third-order valence-electron chi connectivity index (χ3n) is 4.94. The number of benzene rings is 1. The van der Waals surface area contributed by atoms with Gasteiger partial charge in [0, 0.05) is 36.3 Å². The van der Waals surface area contributed by atoms with Crippen molar-refractivity contribution in [3.8, 4) is 0 Å². The fraction of sp³-hybridized carbons (Fsp3) is 0.238. The van der Waals surface area contributed by atoms with Crippen LogP contribution in [0.1, 0.15) is 23.7 Å². The minimum atomic E-state index is 0.430. The van der Waals surface area contributed by atoms with Gasteiger partial charge in [0.1, 0.15) is 0 Å². The maximum absolute atomic E-state index is 6.08. The second kappa shape index (κ2) is 9.72. The van der Waals surface area contributed by atoms with Crippen LogP contribution >= 0.6 is 35.4 Å². The molecule has 0 aliphatic heterocycles. The Balaban J connectivity index is 1.32. The molecule has 1 aromatic carbocycles. The van der Waals surface area contributed by atoms with Crippen molar-refractivity contribution in [1.29, 1.82) is 0 Å². The minimum Gasteiger partial charge on any atom is -0.330 e. The normalized spacial score (nSPS) is 11.0. The molecule has 0 radical (unpaired) electrons. The number of hydrogen-bond acceptors (Lipinski definition) is 4. The van der Waals surface area contributed by atoms with E-state index in [1.165, 1.54) is 0 Å². The number of hydrogen-bond donors (Lipinski definition) is 2. The Kier molecular flexibility index (Phi) is 6.78. The molecule has 0 saturated heterocycles. The molecule has 0 spiro atoms. The van der Waals surface area contributed by atoms with E-state index in [-0.39, 0.29) is 0 Å². The minimum absolute atomic E-state index is 0.430. The third-order valence-corrected chi connectivity index (χ3v) is 5.88. The number of aromatic nitrogens is 6. The van der Waals surface area contributed by atoms with Crippen molar-refractivity contribution in [2.45, 2.75) is 33.5 Å². The van der Waals surface area contributed by atoms with E-state index < -0.39 is 0 Å². The van der Waals surface area contributed by atoms with Crippen molar-refractivity contribution in [2.24, 2.45) is 0 Å². The van der Waals surface area contributed by atoms with Gasteiger partial charge >= 0.3 is 0 Å². The highest BCUT2D eigenvalue weighted by Crippen LogP contribution is 2.23. The van der Waals surface area contributed by atoms with Gasteiger partial charge in [-0.2, -0.15) is 15.3 Å². The quantitative estimate of drug-likeness (QED) is 0.363. The molecule has 2 N–H and O–H groups in total.